The lowest BCUT2D eigenvalue weighted by atomic mass is 9.59. The molecule has 0 atom stereocenters. The van der Waals surface area contributed by atoms with Crippen molar-refractivity contribution in [3.8, 4) is 0 Å². The number of hydrogen-bond acceptors (Lipinski definition) is 1. The first-order valence-corrected chi connectivity index (χ1v) is 4.49. The van der Waals surface area contributed by atoms with Crippen molar-refractivity contribution in [2.24, 2.45) is 5.41 Å². The van der Waals surface area contributed by atoms with Crippen molar-refractivity contribution in [3.05, 3.63) is 0 Å². The highest BCUT2D eigenvalue weighted by molar-refractivity contribution is 5.76. The number of alkyl halides is 1. The normalized spacial score (nSPS) is 46.1. The summed E-state index contributed by atoms with van der Waals surface area (Å²) in [7, 11) is 0. The predicted octanol–water partition coefficient (Wildman–Crippen LogP) is 2.13. The zero-order chi connectivity index (χ0) is 8.82. The van der Waals surface area contributed by atoms with Crippen molar-refractivity contribution in [2.45, 2.75) is 44.2 Å². The molecular weight excluding hydrogens is 159 g/mol. The standard InChI is InChI=1S/C9H13FO2/c10-9-4-2-1-3-8(5-9,6-9)7(11)12/h1-6H2,(H,11,12). The van der Waals surface area contributed by atoms with Gasteiger partial charge in [-0.05, 0) is 25.7 Å². The number of halogens is 1. The highest BCUT2D eigenvalue weighted by Crippen LogP contribution is 2.58. The third-order valence-electron chi connectivity index (χ3n) is 3.29. The molecule has 3 aliphatic carbocycles. The molecule has 0 aromatic rings. The molecule has 0 aliphatic heterocycles. The van der Waals surface area contributed by atoms with Gasteiger partial charge in [0.15, 0.2) is 0 Å². The molecule has 3 rings (SSSR count). The van der Waals surface area contributed by atoms with Crippen LogP contribution in [-0.2, 0) is 4.79 Å². The summed E-state index contributed by atoms with van der Waals surface area (Å²) in [6.45, 7) is 0. The highest BCUT2D eigenvalue weighted by Gasteiger charge is 2.60. The summed E-state index contributed by atoms with van der Waals surface area (Å²) in [5.74, 6) is -0.794. The maximum Gasteiger partial charge on any atom is 0.309 e. The smallest absolute Gasteiger partial charge is 0.309 e. The lowest BCUT2D eigenvalue weighted by molar-refractivity contribution is -0.167. The molecular formula is C9H13FO2. The fourth-order valence-electron chi connectivity index (χ4n) is 2.68. The van der Waals surface area contributed by atoms with Crippen LogP contribution < -0.4 is 0 Å². The SMILES string of the molecule is O=C(O)C12CCCCC(F)(C1)C2. The molecule has 0 radical (unpaired) electrons. The van der Waals surface area contributed by atoms with Gasteiger partial charge in [-0.25, -0.2) is 4.39 Å². The van der Waals surface area contributed by atoms with Crippen LogP contribution in [0.25, 0.3) is 0 Å². The number of rotatable bonds is 1. The van der Waals surface area contributed by atoms with E-state index in [-0.39, 0.29) is 12.8 Å². The fraction of sp³-hybridized carbons (Fsp3) is 0.889. The lowest BCUT2D eigenvalue weighted by Crippen LogP contribution is -2.51. The van der Waals surface area contributed by atoms with E-state index in [9.17, 15) is 9.18 Å². The van der Waals surface area contributed by atoms with Crippen molar-refractivity contribution >= 4 is 5.97 Å². The minimum Gasteiger partial charge on any atom is -0.481 e. The summed E-state index contributed by atoms with van der Waals surface area (Å²) in [5, 5.41) is 8.91. The minimum absolute atomic E-state index is 0.259. The Kier molecular flexibility index (Phi) is 1.48. The van der Waals surface area contributed by atoms with Crippen LogP contribution in [0.4, 0.5) is 4.39 Å². The fourth-order valence-corrected chi connectivity index (χ4v) is 2.68. The summed E-state index contributed by atoms with van der Waals surface area (Å²) in [5.41, 5.74) is -1.82. The molecule has 3 heteroatoms. The quantitative estimate of drug-likeness (QED) is 0.657. The average molecular weight is 172 g/mol. The molecule has 12 heavy (non-hydrogen) atoms. The second-order valence-electron chi connectivity index (χ2n) is 4.30. The predicted molar refractivity (Wildman–Crippen MR) is 41.6 cm³/mol. The molecule has 0 aromatic carbocycles. The Morgan fingerprint density at radius 1 is 1.25 bits per heavy atom. The second kappa shape index (κ2) is 2.21. The highest BCUT2D eigenvalue weighted by atomic mass is 19.1. The Hall–Kier alpha value is -0.600. The van der Waals surface area contributed by atoms with E-state index < -0.39 is 17.1 Å². The van der Waals surface area contributed by atoms with E-state index in [1.807, 2.05) is 0 Å². The lowest BCUT2D eigenvalue weighted by Gasteiger charge is -2.46. The summed E-state index contributed by atoms with van der Waals surface area (Å²) < 4.78 is 13.5. The van der Waals surface area contributed by atoms with E-state index >= 15 is 0 Å². The van der Waals surface area contributed by atoms with Crippen molar-refractivity contribution in [1.29, 1.82) is 0 Å². The molecule has 0 spiro atoms. The number of fused-ring (bicyclic) bond motifs is 3. The van der Waals surface area contributed by atoms with Gasteiger partial charge in [-0.15, -0.1) is 0 Å². The van der Waals surface area contributed by atoms with E-state index in [2.05, 4.69) is 0 Å². The molecule has 3 saturated carbocycles. The molecule has 3 fully saturated rings. The van der Waals surface area contributed by atoms with E-state index in [4.69, 9.17) is 5.11 Å². The Bertz CT molecular complexity index is 219. The first-order chi connectivity index (χ1) is 5.56. The third kappa shape index (κ3) is 0.952. The number of carboxylic acids is 1. The first kappa shape index (κ1) is 8.02. The summed E-state index contributed by atoms with van der Waals surface area (Å²) in [6, 6.07) is 0. The molecule has 0 unspecified atom stereocenters. The number of carbonyl (C=O) groups is 1. The van der Waals surface area contributed by atoms with Crippen LogP contribution in [0.15, 0.2) is 0 Å². The summed E-state index contributed by atoms with van der Waals surface area (Å²) in [6.07, 6.45) is 3.49. The Morgan fingerprint density at radius 3 is 2.42 bits per heavy atom. The first-order valence-electron chi connectivity index (χ1n) is 4.49. The molecule has 2 bridgehead atoms. The third-order valence-corrected chi connectivity index (χ3v) is 3.29. The molecule has 0 aromatic heterocycles. The van der Waals surface area contributed by atoms with Gasteiger partial charge in [0.1, 0.15) is 5.67 Å². The number of hydrogen-bond donors (Lipinski definition) is 1. The van der Waals surface area contributed by atoms with Gasteiger partial charge < -0.3 is 5.11 Å². The molecule has 0 heterocycles. The van der Waals surface area contributed by atoms with Gasteiger partial charge in [0.25, 0.3) is 0 Å². The average Bonchev–Trinajstić information content (AvgIpc) is 2.16. The van der Waals surface area contributed by atoms with E-state index in [1.54, 1.807) is 0 Å². The molecule has 3 aliphatic rings. The Balaban J connectivity index is 2.17. The molecule has 0 amide bonds. The van der Waals surface area contributed by atoms with Crippen LogP contribution in [-0.4, -0.2) is 16.7 Å². The van der Waals surface area contributed by atoms with Crippen LogP contribution in [0.5, 0.6) is 0 Å². The topological polar surface area (TPSA) is 37.3 Å². The monoisotopic (exact) mass is 172 g/mol. The van der Waals surface area contributed by atoms with Gasteiger partial charge in [-0.3, -0.25) is 4.79 Å². The molecule has 1 N–H and O–H groups in total. The molecule has 0 saturated heterocycles. The maximum absolute atomic E-state index is 13.5. The van der Waals surface area contributed by atoms with Gasteiger partial charge in [0.05, 0.1) is 5.41 Å². The number of carboxylic acid groups (broad SMARTS) is 1. The van der Waals surface area contributed by atoms with Gasteiger partial charge in [0.2, 0.25) is 0 Å². The van der Waals surface area contributed by atoms with Crippen molar-refractivity contribution in [1.82, 2.24) is 0 Å². The Labute approximate surface area is 70.8 Å². The summed E-state index contributed by atoms with van der Waals surface area (Å²) in [4.78, 5) is 10.8. The molecule has 2 nitrogen and oxygen atoms in total. The maximum atomic E-state index is 13.5. The van der Waals surface area contributed by atoms with Crippen LogP contribution >= 0.6 is 0 Å². The van der Waals surface area contributed by atoms with Crippen LogP contribution in [0.3, 0.4) is 0 Å². The minimum atomic E-state index is -1.13. The van der Waals surface area contributed by atoms with Gasteiger partial charge in [-0.2, -0.15) is 0 Å². The van der Waals surface area contributed by atoms with Crippen LogP contribution in [0.2, 0.25) is 0 Å². The van der Waals surface area contributed by atoms with E-state index in [0.717, 1.165) is 12.8 Å². The van der Waals surface area contributed by atoms with Gasteiger partial charge in [-0.1, -0.05) is 12.8 Å². The van der Waals surface area contributed by atoms with Crippen molar-refractivity contribution in [3.63, 3.8) is 0 Å². The van der Waals surface area contributed by atoms with Crippen LogP contribution in [0.1, 0.15) is 38.5 Å². The van der Waals surface area contributed by atoms with E-state index in [1.165, 1.54) is 0 Å². The zero-order valence-corrected chi connectivity index (χ0v) is 6.98. The molecule has 68 valence electrons. The van der Waals surface area contributed by atoms with Crippen LogP contribution in [0, 0.1) is 5.41 Å². The number of aliphatic carboxylic acids is 1. The van der Waals surface area contributed by atoms with E-state index in [0.29, 0.717) is 12.8 Å². The zero-order valence-electron chi connectivity index (χ0n) is 6.98. The van der Waals surface area contributed by atoms with Crippen molar-refractivity contribution < 1.29 is 14.3 Å². The van der Waals surface area contributed by atoms with Gasteiger partial charge >= 0.3 is 5.97 Å². The van der Waals surface area contributed by atoms with Crippen molar-refractivity contribution in [2.75, 3.05) is 0 Å². The summed E-state index contributed by atoms with van der Waals surface area (Å²) >= 11 is 0. The van der Waals surface area contributed by atoms with Gasteiger partial charge in [0, 0.05) is 0 Å². The second-order valence-corrected chi connectivity index (χ2v) is 4.30. The Morgan fingerprint density at radius 2 is 1.83 bits per heavy atom. The largest absolute Gasteiger partial charge is 0.481 e.